The van der Waals surface area contributed by atoms with E-state index in [0.717, 1.165) is 47.5 Å². The third-order valence-corrected chi connectivity index (χ3v) is 11.0. The summed E-state index contributed by atoms with van der Waals surface area (Å²) >= 11 is 6.62. The molecular formula is C39H44ClN3O5S. The molecule has 258 valence electrons. The second-order valence-corrected chi connectivity index (χ2v) is 14.7. The molecule has 49 heavy (non-hydrogen) atoms. The SMILES string of the molecule is CCOc1ccc(S(=O)(=O)N(CC(=O)N(Cc2ccccc2Cl)[C@H](Cc2ccccc2)C(=O)NC2CCCCC2)c2ccc(C)cc2)cc1. The Morgan fingerprint density at radius 2 is 1.53 bits per heavy atom. The smallest absolute Gasteiger partial charge is 0.264 e. The largest absolute Gasteiger partial charge is 0.494 e. The minimum atomic E-state index is -4.23. The minimum absolute atomic E-state index is 0.0119. The van der Waals surface area contributed by atoms with Crippen molar-refractivity contribution in [3.63, 3.8) is 0 Å². The van der Waals surface area contributed by atoms with E-state index in [2.05, 4.69) is 5.32 Å². The average molecular weight is 702 g/mol. The van der Waals surface area contributed by atoms with Gasteiger partial charge in [0.1, 0.15) is 18.3 Å². The molecule has 5 rings (SSSR count). The van der Waals surface area contributed by atoms with Crippen LogP contribution in [0.15, 0.2) is 108 Å². The number of nitrogens with one attached hydrogen (secondary N) is 1. The Bertz CT molecular complexity index is 1790. The van der Waals surface area contributed by atoms with Gasteiger partial charge in [-0.2, -0.15) is 0 Å². The van der Waals surface area contributed by atoms with Crippen LogP contribution in [0.5, 0.6) is 5.75 Å². The maximum Gasteiger partial charge on any atom is 0.264 e. The molecule has 4 aromatic rings. The first kappa shape index (κ1) is 36.0. The van der Waals surface area contributed by atoms with Crippen molar-refractivity contribution in [3.8, 4) is 5.75 Å². The van der Waals surface area contributed by atoms with Gasteiger partial charge in [0.05, 0.1) is 17.2 Å². The Labute approximate surface area is 295 Å². The molecule has 1 saturated carbocycles. The summed E-state index contributed by atoms with van der Waals surface area (Å²) in [5.74, 6) is -0.264. The monoisotopic (exact) mass is 701 g/mol. The fraction of sp³-hybridized carbons (Fsp3) is 0.333. The van der Waals surface area contributed by atoms with Gasteiger partial charge >= 0.3 is 0 Å². The molecule has 1 atom stereocenters. The number of halogens is 1. The van der Waals surface area contributed by atoms with Crippen LogP contribution in [-0.2, 0) is 32.6 Å². The Morgan fingerprint density at radius 3 is 2.18 bits per heavy atom. The zero-order valence-electron chi connectivity index (χ0n) is 28.1. The number of hydrogen-bond donors (Lipinski definition) is 1. The lowest BCUT2D eigenvalue weighted by molar-refractivity contribution is -0.140. The summed E-state index contributed by atoms with van der Waals surface area (Å²) in [6.07, 6.45) is 5.20. The lowest BCUT2D eigenvalue weighted by Crippen LogP contribution is -2.55. The van der Waals surface area contributed by atoms with Gasteiger partial charge in [0.15, 0.2) is 0 Å². The highest BCUT2D eigenvalue weighted by atomic mass is 35.5. The van der Waals surface area contributed by atoms with Crippen molar-refractivity contribution in [2.45, 2.75) is 75.9 Å². The number of benzene rings is 4. The number of rotatable bonds is 14. The van der Waals surface area contributed by atoms with Crippen LogP contribution < -0.4 is 14.4 Å². The maximum atomic E-state index is 14.7. The first-order valence-electron chi connectivity index (χ1n) is 16.8. The summed E-state index contributed by atoms with van der Waals surface area (Å²) in [4.78, 5) is 30.5. The summed E-state index contributed by atoms with van der Waals surface area (Å²) < 4.78 is 35.3. The van der Waals surface area contributed by atoms with E-state index in [1.807, 2.05) is 56.3 Å². The van der Waals surface area contributed by atoms with Crippen LogP contribution in [0.25, 0.3) is 0 Å². The summed E-state index contributed by atoms with van der Waals surface area (Å²) in [7, 11) is -4.23. The van der Waals surface area contributed by atoms with Crippen LogP contribution in [0.3, 0.4) is 0 Å². The molecule has 0 radical (unpaired) electrons. The van der Waals surface area contributed by atoms with Crippen molar-refractivity contribution in [2.24, 2.45) is 0 Å². The number of amides is 2. The normalized spacial score (nSPS) is 14.1. The lowest BCUT2D eigenvalue weighted by Gasteiger charge is -2.35. The predicted molar refractivity (Wildman–Crippen MR) is 194 cm³/mol. The van der Waals surface area contributed by atoms with E-state index >= 15 is 0 Å². The fourth-order valence-electron chi connectivity index (χ4n) is 6.15. The molecule has 0 saturated heterocycles. The Morgan fingerprint density at radius 1 is 0.878 bits per heavy atom. The van der Waals surface area contributed by atoms with E-state index in [1.54, 1.807) is 48.5 Å². The standard InChI is InChI=1S/C39H44ClN3O5S/c1-3-48-34-22-24-35(25-23-34)49(46,47)43(33-20-18-29(2)19-21-33)28-38(44)42(27-31-14-10-11-17-36(31)40)37(26-30-12-6-4-7-13-30)39(45)41-32-15-8-5-9-16-32/h4,6-7,10-14,17-25,32,37H,3,5,8-9,15-16,26-28H2,1-2H3,(H,41,45)/t37-/m1/s1. The molecule has 1 aliphatic carbocycles. The maximum absolute atomic E-state index is 14.7. The van der Waals surface area contributed by atoms with E-state index in [-0.39, 0.29) is 29.8 Å². The molecule has 0 bridgehead atoms. The molecule has 10 heteroatoms. The van der Waals surface area contributed by atoms with Gasteiger partial charge in [0.2, 0.25) is 11.8 Å². The summed E-state index contributed by atoms with van der Waals surface area (Å²) in [6, 6.07) is 28.9. The van der Waals surface area contributed by atoms with Gasteiger partial charge in [-0.25, -0.2) is 8.42 Å². The molecule has 0 aliphatic heterocycles. The Balaban J connectivity index is 1.56. The first-order chi connectivity index (χ1) is 23.7. The number of sulfonamides is 1. The van der Waals surface area contributed by atoms with Crippen molar-refractivity contribution in [1.29, 1.82) is 0 Å². The Hall–Kier alpha value is -4.34. The lowest BCUT2D eigenvalue weighted by atomic mass is 9.94. The van der Waals surface area contributed by atoms with Crippen molar-refractivity contribution < 1.29 is 22.7 Å². The number of carbonyl (C=O) groups excluding carboxylic acids is 2. The third-order valence-electron chi connectivity index (χ3n) is 8.84. The molecule has 8 nitrogen and oxygen atoms in total. The first-order valence-corrected chi connectivity index (χ1v) is 18.7. The molecular weight excluding hydrogens is 658 g/mol. The molecule has 0 aromatic heterocycles. The van der Waals surface area contributed by atoms with Gasteiger partial charge in [-0.05, 0) is 80.3 Å². The molecule has 1 aliphatic rings. The van der Waals surface area contributed by atoms with E-state index < -0.39 is 28.5 Å². The van der Waals surface area contributed by atoms with Gasteiger partial charge in [0.25, 0.3) is 10.0 Å². The van der Waals surface area contributed by atoms with E-state index in [9.17, 15) is 18.0 Å². The zero-order chi connectivity index (χ0) is 34.8. The molecule has 2 amide bonds. The number of aryl methyl sites for hydroxylation is 1. The zero-order valence-corrected chi connectivity index (χ0v) is 29.6. The summed E-state index contributed by atoms with van der Waals surface area (Å²) in [5, 5.41) is 3.68. The van der Waals surface area contributed by atoms with Gasteiger partial charge in [-0.3, -0.25) is 13.9 Å². The topological polar surface area (TPSA) is 96.0 Å². The van der Waals surface area contributed by atoms with Crippen LogP contribution in [-0.4, -0.2) is 50.4 Å². The minimum Gasteiger partial charge on any atom is -0.494 e. The van der Waals surface area contributed by atoms with Gasteiger partial charge in [-0.15, -0.1) is 0 Å². The fourth-order valence-corrected chi connectivity index (χ4v) is 7.76. The molecule has 0 spiro atoms. The highest BCUT2D eigenvalue weighted by Gasteiger charge is 2.35. The number of hydrogen-bond acceptors (Lipinski definition) is 5. The average Bonchev–Trinajstić information content (AvgIpc) is 3.11. The van der Waals surface area contributed by atoms with Crippen molar-refractivity contribution in [3.05, 3.63) is 125 Å². The predicted octanol–water partition coefficient (Wildman–Crippen LogP) is 7.33. The highest BCUT2D eigenvalue weighted by molar-refractivity contribution is 7.92. The van der Waals surface area contributed by atoms with Crippen LogP contribution in [0.2, 0.25) is 5.02 Å². The molecule has 1 fully saturated rings. The van der Waals surface area contributed by atoms with Crippen molar-refractivity contribution in [1.82, 2.24) is 10.2 Å². The molecule has 4 aromatic carbocycles. The molecule has 0 unspecified atom stereocenters. The van der Waals surface area contributed by atoms with Gasteiger partial charge in [-0.1, -0.05) is 97.1 Å². The quantitative estimate of drug-likeness (QED) is 0.149. The highest BCUT2D eigenvalue weighted by Crippen LogP contribution is 2.28. The summed E-state index contributed by atoms with van der Waals surface area (Å²) in [5.41, 5.74) is 2.80. The second kappa shape index (κ2) is 16.9. The van der Waals surface area contributed by atoms with Gasteiger partial charge in [0, 0.05) is 24.0 Å². The summed E-state index contributed by atoms with van der Waals surface area (Å²) in [6.45, 7) is 3.68. The van der Waals surface area contributed by atoms with Crippen LogP contribution in [0.1, 0.15) is 55.7 Å². The van der Waals surface area contributed by atoms with Gasteiger partial charge < -0.3 is 15.0 Å². The van der Waals surface area contributed by atoms with E-state index in [4.69, 9.17) is 16.3 Å². The second-order valence-electron chi connectivity index (χ2n) is 12.4. The number of ether oxygens (including phenoxy) is 1. The number of anilines is 1. The number of carbonyl (C=O) groups is 2. The third kappa shape index (κ3) is 9.43. The van der Waals surface area contributed by atoms with E-state index in [0.29, 0.717) is 28.6 Å². The molecule has 0 heterocycles. The Kier molecular flexibility index (Phi) is 12.4. The van der Waals surface area contributed by atoms with E-state index in [1.165, 1.54) is 17.0 Å². The van der Waals surface area contributed by atoms with Crippen LogP contribution in [0.4, 0.5) is 5.69 Å². The van der Waals surface area contributed by atoms with Crippen LogP contribution in [0, 0.1) is 6.92 Å². The molecule has 1 N–H and O–H groups in total. The van der Waals surface area contributed by atoms with Crippen LogP contribution >= 0.6 is 11.6 Å². The number of nitrogens with zero attached hydrogens (tertiary/aromatic N) is 2. The van der Waals surface area contributed by atoms with Crippen molar-refractivity contribution in [2.75, 3.05) is 17.5 Å². The van der Waals surface area contributed by atoms with Crippen molar-refractivity contribution >= 4 is 39.1 Å².